The molecule has 0 N–H and O–H groups in total. The maximum absolute atomic E-state index is 6.04. The first kappa shape index (κ1) is 11.4. The van der Waals surface area contributed by atoms with Crippen LogP contribution in [-0.4, -0.2) is 32.0 Å². The van der Waals surface area contributed by atoms with Crippen molar-refractivity contribution in [3.63, 3.8) is 0 Å². The second-order valence-corrected chi connectivity index (χ2v) is 5.88. The Balaban J connectivity index is 2.09. The van der Waals surface area contributed by atoms with E-state index in [4.69, 9.17) is 14.0 Å². The summed E-state index contributed by atoms with van der Waals surface area (Å²) in [5.41, 5.74) is -0.442. The number of ether oxygens (including phenoxy) is 1. The molecule has 3 nitrogen and oxygen atoms in total. The monoisotopic (exact) mass is 212 g/mol. The van der Waals surface area contributed by atoms with Crippen LogP contribution in [0, 0.1) is 0 Å². The zero-order chi connectivity index (χ0) is 11.3. The van der Waals surface area contributed by atoms with E-state index in [9.17, 15) is 0 Å². The van der Waals surface area contributed by atoms with Gasteiger partial charge in [-0.05, 0) is 40.5 Å². The largest absolute Gasteiger partial charge is 0.466 e. The van der Waals surface area contributed by atoms with E-state index in [1.807, 2.05) is 0 Å². The smallest absolute Gasteiger partial charge is 0.403 e. The van der Waals surface area contributed by atoms with E-state index in [-0.39, 0.29) is 23.6 Å². The van der Waals surface area contributed by atoms with Gasteiger partial charge in [0.1, 0.15) is 0 Å². The number of hydrogen-bond donors (Lipinski definition) is 0. The van der Waals surface area contributed by atoms with Gasteiger partial charge in [-0.15, -0.1) is 0 Å². The third kappa shape index (κ3) is 1.73. The van der Waals surface area contributed by atoms with Crippen LogP contribution in [-0.2, 0) is 14.0 Å². The summed E-state index contributed by atoms with van der Waals surface area (Å²) in [6.45, 7) is 9.11. The summed E-state index contributed by atoms with van der Waals surface area (Å²) in [5, 5.41) is 0.125. The zero-order valence-corrected chi connectivity index (χ0v) is 10.4. The predicted molar refractivity (Wildman–Crippen MR) is 59.9 cm³/mol. The van der Waals surface area contributed by atoms with Crippen LogP contribution in [0.4, 0.5) is 0 Å². The number of methoxy groups -OCH3 is 1. The summed E-state index contributed by atoms with van der Waals surface area (Å²) in [7, 11) is 1.65. The molecule has 0 unspecified atom stereocenters. The van der Waals surface area contributed by atoms with E-state index >= 15 is 0 Å². The van der Waals surface area contributed by atoms with Crippen LogP contribution in [0.25, 0.3) is 0 Å². The number of hydrogen-bond acceptors (Lipinski definition) is 3. The first-order chi connectivity index (χ1) is 6.83. The van der Waals surface area contributed by atoms with Crippen LogP contribution in [0.15, 0.2) is 0 Å². The van der Waals surface area contributed by atoms with E-state index < -0.39 is 0 Å². The predicted octanol–water partition coefficient (Wildman–Crippen LogP) is 2.26. The zero-order valence-electron chi connectivity index (χ0n) is 10.4. The third-order valence-corrected chi connectivity index (χ3v) is 4.08. The molecule has 2 aliphatic rings. The van der Waals surface area contributed by atoms with Crippen molar-refractivity contribution in [3.05, 3.63) is 0 Å². The Hall–Kier alpha value is -0.0551. The maximum Gasteiger partial charge on any atom is 0.466 e. The van der Waals surface area contributed by atoms with Crippen LogP contribution in [0.2, 0.25) is 5.31 Å². The van der Waals surface area contributed by atoms with Gasteiger partial charge >= 0.3 is 7.12 Å². The van der Waals surface area contributed by atoms with E-state index in [1.54, 1.807) is 7.11 Å². The molecule has 1 heterocycles. The molecule has 15 heavy (non-hydrogen) atoms. The molecular formula is C11H21BO3. The van der Waals surface area contributed by atoms with Gasteiger partial charge in [0.25, 0.3) is 0 Å². The standard InChI is InChI=1S/C11H21BO3/c1-9(2)10(3,4)15-12(14-9)11(6-7-11)8-13-5/h6-8H2,1-5H3. The minimum atomic E-state index is -0.221. The van der Waals surface area contributed by atoms with Gasteiger partial charge in [-0.25, -0.2) is 0 Å². The SMILES string of the molecule is COCC1(B2OC(C)(C)C(C)(C)O2)CC1. The van der Waals surface area contributed by atoms with Gasteiger partial charge < -0.3 is 14.0 Å². The molecule has 0 aromatic heterocycles. The van der Waals surface area contributed by atoms with E-state index in [0.29, 0.717) is 0 Å². The fraction of sp³-hybridized carbons (Fsp3) is 1.00. The summed E-state index contributed by atoms with van der Waals surface area (Å²) in [4.78, 5) is 0. The van der Waals surface area contributed by atoms with Crippen molar-refractivity contribution in [1.29, 1.82) is 0 Å². The highest BCUT2D eigenvalue weighted by atomic mass is 16.7. The van der Waals surface area contributed by atoms with Crippen LogP contribution in [0.5, 0.6) is 0 Å². The number of rotatable bonds is 3. The lowest BCUT2D eigenvalue weighted by Gasteiger charge is -2.32. The van der Waals surface area contributed by atoms with Gasteiger partial charge in [0.2, 0.25) is 0 Å². The Morgan fingerprint density at radius 1 is 1.07 bits per heavy atom. The Bertz CT molecular complexity index is 243. The van der Waals surface area contributed by atoms with Crippen LogP contribution >= 0.6 is 0 Å². The summed E-state index contributed by atoms with van der Waals surface area (Å²) in [6.07, 6.45) is 2.30. The lowest BCUT2D eigenvalue weighted by molar-refractivity contribution is 0.00578. The van der Waals surface area contributed by atoms with Gasteiger partial charge in [0, 0.05) is 12.4 Å². The summed E-state index contributed by atoms with van der Waals surface area (Å²) in [5.74, 6) is 0. The average molecular weight is 212 g/mol. The molecule has 0 bridgehead atoms. The summed E-state index contributed by atoms with van der Waals surface area (Å²) >= 11 is 0. The van der Waals surface area contributed by atoms with Gasteiger partial charge in [0.15, 0.2) is 0 Å². The molecule has 0 aromatic carbocycles. The van der Waals surface area contributed by atoms with Crippen molar-refractivity contribution in [2.45, 2.75) is 57.1 Å². The van der Waals surface area contributed by atoms with Crippen molar-refractivity contribution in [2.75, 3.05) is 13.7 Å². The third-order valence-electron chi connectivity index (χ3n) is 4.08. The molecule has 4 heteroatoms. The summed E-state index contributed by atoms with van der Waals surface area (Å²) in [6, 6.07) is 0. The van der Waals surface area contributed by atoms with Crippen molar-refractivity contribution >= 4 is 7.12 Å². The molecule has 0 amide bonds. The molecule has 0 spiro atoms. The molecule has 2 rings (SSSR count). The highest BCUT2D eigenvalue weighted by Crippen LogP contribution is 2.60. The Morgan fingerprint density at radius 3 is 1.87 bits per heavy atom. The summed E-state index contributed by atoms with van der Waals surface area (Å²) < 4.78 is 17.3. The van der Waals surface area contributed by atoms with Gasteiger partial charge in [-0.3, -0.25) is 0 Å². The van der Waals surface area contributed by atoms with E-state index in [0.717, 1.165) is 19.4 Å². The van der Waals surface area contributed by atoms with Crippen molar-refractivity contribution in [1.82, 2.24) is 0 Å². The van der Waals surface area contributed by atoms with Crippen molar-refractivity contribution < 1.29 is 14.0 Å². The minimum absolute atomic E-state index is 0.0950. The molecular weight excluding hydrogens is 191 g/mol. The van der Waals surface area contributed by atoms with Crippen LogP contribution in [0.1, 0.15) is 40.5 Å². The first-order valence-electron chi connectivity index (χ1n) is 5.68. The average Bonchev–Trinajstić information content (AvgIpc) is 2.79. The van der Waals surface area contributed by atoms with E-state index in [2.05, 4.69) is 27.7 Å². The van der Waals surface area contributed by atoms with Crippen LogP contribution in [0.3, 0.4) is 0 Å². The van der Waals surface area contributed by atoms with Gasteiger partial charge in [-0.1, -0.05) is 0 Å². The Kier molecular flexibility index (Phi) is 2.45. The molecule has 86 valence electrons. The van der Waals surface area contributed by atoms with E-state index in [1.165, 1.54) is 0 Å². The maximum atomic E-state index is 6.04. The molecule has 1 saturated heterocycles. The second kappa shape index (κ2) is 3.22. The Morgan fingerprint density at radius 2 is 1.53 bits per heavy atom. The minimum Gasteiger partial charge on any atom is -0.403 e. The Labute approximate surface area is 92.6 Å². The second-order valence-electron chi connectivity index (χ2n) is 5.88. The van der Waals surface area contributed by atoms with Gasteiger partial charge in [-0.2, -0.15) is 0 Å². The molecule has 1 aliphatic heterocycles. The van der Waals surface area contributed by atoms with Crippen LogP contribution < -0.4 is 0 Å². The highest BCUT2D eigenvalue weighted by molar-refractivity contribution is 6.51. The van der Waals surface area contributed by atoms with Gasteiger partial charge in [0.05, 0.1) is 17.8 Å². The van der Waals surface area contributed by atoms with Crippen molar-refractivity contribution in [3.8, 4) is 0 Å². The highest BCUT2D eigenvalue weighted by Gasteiger charge is 2.64. The quantitative estimate of drug-likeness (QED) is 0.671. The lowest BCUT2D eigenvalue weighted by atomic mass is 9.68. The molecule has 2 fully saturated rings. The fourth-order valence-electron chi connectivity index (χ4n) is 1.99. The van der Waals surface area contributed by atoms with Crippen molar-refractivity contribution in [2.24, 2.45) is 0 Å². The molecule has 0 aromatic rings. The molecule has 1 saturated carbocycles. The molecule has 1 aliphatic carbocycles. The molecule has 0 radical (unpaired) electrons. The first-order valence-corrected chi connectivity index (χ1v) is 5.68. The normalized spacial score (nSPS) is 30.6. The molecule has 0 atom stereocenters. The fourth-order valence-corrected chi connectivity index (χ4v) is 1.99. The topological polar surface area (TPSA) is 27.7 Å². The lowest BCUT2D eigenvalue weighted by Crippen LogP contribution is -2.41.